The predicted octanol–water partition coefficient (Wildman–Crippen LogP) is -0.463. The van der Waals surface area contributed by atoms with Crippen molar-refractivity contribution in [3.63, 3.8) is 0 Å². The van der Waals surface area contributed by atoms with E-state index >= 15 is 0 Å². The third kappa shape index (κ3) is 1.14. The maximum atomic E-state index is 11.9. The van der Waals surface area contributed by atoms with Crippen molar-refractivity contribution in [1.82, 2.24) is 9.80 Å². The maximum Gasteiger partial charge on any atom is 0.225 e. The van der Waals surface area contributed by atoms with Gasteiger partial charge in [0.2, 0.25) is 5.78 Å². The van der Waals surface area contributed by atoms with Gasteiger partial charge in [-0.05, 0) is 0 Å². The average molecular weight is 190 g/mol. The highest BCUT2D eigenvalue weighted by molar-refractivity contribution is 6.19. The van der Waals surface area contributed by atoms with E-state index in [0.29, 0.717) is 11.4 Å². The van der Waals surface area contributed by atoms with E-state index < -0.39 is 0 Å². The average Bonchev–Trinajstić information content (AvgIpc) is 3.03. The van der Waals surface area contributed by atoms with Gasteiger partial charge in [0.1, 0.15) is 0 Å². The first-order valence-corrected chi connectivity index (χ1v) is 4.78. The molecule has 0 spiro atoms. The molecule has 1 aliphatic carbocycles. The molecule has 0 atom stereocenters. The molecule has 14 heavy (non-hydrogen) atoms. The van der Waals surface area contributed by atoms with E-state index in [1.165, 1.54) is 12.2 Å². The smallest absolute Gasteiger partial charge is 0.225 e. The van der Waals surface area contributed by atoms with Crippen molar-refractivity contribution in [1.29, 1.82) is 0 Å². The third-order valence-corrected chi connectivity index (χ3v) is 2.60. The Morgan fingerprint density at radius 3 is 1.64 bits per heavy atom. The van der Waals surface area contributed by atoms with Gasteiger partial charge in [0.25, 0.3) is 0 Å². The fraction of sp³-hybridized carbons (Fsp3) is 0.400. The predicted molar refractivity (Wildman–Crippen MR) is 49.3 cm³/mol. The minimum atomic E-state index is -0.0617. The monoisotopic (exact) mass is 190 g/mol. The summed E-state index contributed by atoms with van der Waals surface area (Å²) in [5, 5.41) is 0. The van der Waals surface area contributed by atoms with E-state index in [2.05, 4.69) is 0 Å². The second kappa shape index (κ2) is 2.47. The van der Waals surface area contributed by atoms with Gasteiger partial charge < -0.3 is 9.80 Å². The van der Waals surface area contributed by atoms with Crippen LogP contribution in [-0.2, 0) is 9.59 Å². The molecular weight excluding hydrogens is 180 g/mol. The van der Waals surface area contributed by atoms with Gasteiger partial charge in [0.05, 0.1) is 11.4 Å². The lowest BCUT2D eigenvalue weighted by molar-refractivity contribution is -0.116. The Bertz CT molecular complexity index is 353. The number of hydrogen-bond acceptors (Lipinski definition) is 4. The zero-order valence-corrected chi connectivity index (χ0v) is 7.69. The number of rotatable bonds is 2. The minimum absolute atomic E-state index is 0.0135. The number of ketones is 2. The molecule has 4 nitrogen and oxygen atoms in total. The van der Waals surface area contributed by atoms with E-state index in [4.69, 9.17) is 0 Å². The summed E-state index contributed by atoms with van der Waals surface area (Å²) >= 11 is 0. The summed E-state index contributed by atoms with van der Waals surface area (Å²) in [6.45, 7) is 3.60. The molecule has 0 N–H and O–H groups in total. The lowest BCUT2D eigenvalue weighted by Gasteiger charge is -2.15. The van der Waals surface area contributed by atoms with Crippen molar-refractivity contribution in [2.45, 2.75) is 0 Å². The molecule has 2 saturated heterocycles. The van der Waals surface area contributed by atoms with Crippen LogP contribution >= 0.6 is 0 Å². The van der Waals surface area contributed by atoms with Gasteiger partial charge in [-0.2, -0.15) is 0 Å². The minimum Gasteiger partial charge on any atom is -0.365 e. The highest BCUT2D eigenvalue weighted by Gasteiger charge is 2.36. The van der Waals surface area contributed by atoms with Crippen LogP contribution in [0.2, 0.25) is 0 Å². The second-order valence-corrected chi connectivity index (χ2v) is 3.76. The molecule has 72 valence electrons. The van der Waals surface area contributed by atoms with E-state index in [-0.39, 0.29) is 11.6 Å². The van der Waals surface area contributed by atoms with Crippen molar-refractivity contribution in [2.75, 3.05) is 26.2 Å². The Labute approximate surface area is 81.5 Å². The van der Waals surface area contributed by atoms with E-state index in [1.807, 2.05) is 9.80 Å². The van der Waals surface area contributed by atoms with Crippen LogP contribution in [0.25, 0.3) is 0 Å². The summed E-state index contributed by atoms with van der Waals surface area (Å²) in [6, 6.07) is 0. The van der Waals surface area contributed by atoms with Crippen molar-refractivity contribution >= 4 is 11.6 Å². The first-order chi connectivity index (χ1) is 6.75. The molecule has 0 radical (unpaired) electrons. The highest BCUT2D eigenvalue weighted by Crippen LogP contribution is 2.26. The normalized spacial score (nSPS) is 24.9. The quantitative estimate of drug-likeness (QED) is 0.436. The van der Waals surface area contributed by atoms with Crippen LogP contribution in [0.5, 0.6) is 0 Å². The first kappa shape index (κ1) is 7.79. The van der Waals surface area contributed by atoms with Gasteiger partial charge in [-0.15, -0.1) is 0 Å². The Kier molecular flexibility index (Phi) is 1.37. The van der Waals surface area contributed by atoms with Gasteiger partial charge in [-0.25, -0.2) is 0 Å². The Balaban J connectivity index is 1.93. The molecule has 4 heteroatoms. The van der Waals surface area contributed by atoms with Crippen LogP contribution in [-0.4, -0.2) is 47.5 Å². The maximum absolute atomic E-state index is 11.9. The van der Waals surface area contributed by atoms with Crippen LogP contribution < -0.4 is 0 Å². The summed E-state index contributed by atoms with van der Waals surface area (Å²) < 4.78 is 0. The van der Waals surface area contributed by atoms with Crippen LogP contribution in [0.4, 0.5) is 0 Å². The van der Waals surface area contributed by atoms with Crippen LogP contribution in [0, 0.1) is 0 Å². The van der Waals surface area contributed by atoms with Crippen LogP contribution in [0.3, 0.4) is 0 Å². The van der Waals surface area contributed by atoms with Crippen molar-refractivity contribution in [3.8, 4) is 0 Å². The fourth-order valence-electron chi connectivity index (χ4n) is 1.63. The molecule has 0 aromatic carbocycles. The molecule has 0 saturated carbocycles. The van der Waals surface area contributed by atoms with Gasteiger partial charge in [0, 0.05) is 38.3 Å². The number of carbonyl (C=O) groups excluding carboxylic acids is 2. The summed E-state index contributed by atoms with van der Waals surface area (Å²) in [6.07, 6.45) is 2.89. The number of allylic oxidation sites excluding steroid dienone is 2. The number of carbonyl (C=O) groups is 2. The summed E-state index contributed by atoms with van der Waals surface area (Å²) in [4.78, 5) is 27.1. The van der Waals surface area contributed by atoms with E-state index in [1.54, 1.807) is 0 Å². The fourth-order valence-corrected chi connectivity index (χ4v) is 1.63. The van der Waals surface area contributed by atoms with Gasteiger partial charge in [-0.1, -0.05) is 0 Å². The van der Waals surface area contributed by atoms with Gasteiger partial charge in [0.15, 0.2) is 5.78 Å². The SMILES string of the molecule is O=C1C=C(N2CC2)C(=O)C(N2CC2)=C1. The Hall–Kier alpha value is -1.58. The Morgan fingerprint density at radius 2 is 1.29 bits per heavy atom. The lowest BCUT2D eigenvalue weighted by atomic mass is 10.1. The van der Waals surface area contributed by atoms with Crippen LogP contribution in [0.15, 0.2) is 23.5 Å². The molecule has 0 aromatic rings. The van der Waals surface area contributed by atoms with Crippen molar-refractivity contribution in [3.05, 3.63) is 23.5 Å². The molecule has 2 fully saturated rings. The lowest BCUT2D eigenvalue weighted by Crippen LogP contribution is -2.23. The molecule has 2 aliphatic heterocycles. The first-order valence-electron chi connectivity index (χ1n) is 4.78. The Morgan fingerprint density at radius 1 is 0.857 bits per heavy atom. The van der Waals surface area contributed by atoms with E-state index in [0.717, 1.165) is 26.2 Å². The zero-order chi connectivity index (χ0) is 9.71. The van der Waals surface area contributed by atoms with Crippen LogP contribution in [0.1, 0.15) is 0 Å². The van der Waals surface area contributed by atoms with Gasteiger partial charge in [-0.3, -0.25) is 9.59 Å². The third-order valence-electron chi connectivity index (χ3n) is 2.60. The summed E-state index contributed by atoms with van der Waals surface area (Å²) in [5.41, 5.74) is 1.17. The van der Waals surface area contributed by atoms with Gasteiger partial charge >= 0.3 is 0 Å². The molecule has 3 rings (SSSR count). The van der Waals surface area contributed by atoms with Crippen molar-refractivity contribution < 1.29 is 9.59 Å². The highest BCUT2D eigenvalue weighted by atomic mass is 16.1. The molecule has 0 aromatic heterocycles. The molecule has 0 bridgehead atoms. The number of Topliss-reactive ketones (excluding diaryl/α,β-unsaturated/α-hetero) is 1. The largest absolute Gasteiger partial charge is 0.365 e. The summed E-state index contributed by atoms with van der Waals surface area (Å²) in [7, 11) is 0. The topological polar surface area (TPSA) is 40.2 Å². The van der Waals surface area contributed by atoms with E-state index in [9.17, 15) is 9.59 Å². The van der Waals surface area contributed by atoms with Crippen molar-refractivity contribution in [2.24, 2.45) is 0 Å². The molecular formula is C10H10N2O2. The molecule has 0 unspecified atom stereocenters. The molecule has 0 amide bonds. The zero-order valence-electron chi connectivity index (χ0n) is 7.69. The number of hydrogen-bond donors (Lipinski definition) is 0. The standard InChI is InChI=1S/C10H10N2O2/c13-7-5-8(11-1-2-11)10(14)9(6-7)12-3-4-12/h5-6H,1-4H2. The summed E-state index contributed by atoms with van der Waals surface area (Å²) in [5.74, 6) is -0.0481. The number of nitrogens with zero attached hydrogens (tertiary/aromatic N) is 2. The molecule has 3 aliphatic rings. The second-order valence-electron chi connectivity index (χ2n) is 3.76. The molecule has 2 heterocycles.